The van der Waals surface area contributed by atoms with E-state index in [0.29, 0.717) is 22.6 Å². The fraction of sp³-hybridized carbons (Fsp3) is 0.190. The SMILES string of the molecule is CCOC(=O)C1=C(COc2ccc(C#N)cc2)NC(=O)N[C@H]1c1ccccc1. The van der Waals surface area contributed by atoms with Crippen LogP contribution in [0.3, 0.4) is 0 Å². The fourth-order valence-electron chi connectivity index (χ4n) is 2.86. The van der Waals surface area contributed by atoms with Crippen LogP contribution in [0.2, 0.25) is 0 Å². The Morgan fingerprint density at radius 2 is 1.86 bits per heavy atom. The van der Waals surface area contributed by atoms with Gasteiger partial charge in [0.15, 0.2) is 0 Å². The zero-order chi connectivity index (χ0) is 19.9. The van der Waals surface area contributed by atoms with E-state index in [1.807, 2.05) is 36.4 Å². The molecule has 0 aromatic heterocycles. The van der Waals surface area contributed by atoms with Crippen molar-refractivity contribution in [2.24, 2.45) is 0 Å². The van der Waals surface area contributed by atoms with Crippen LogP contribution in [-0.4, -0.2) is 25.2 Å². The third-order valence-corrected chi connectivity index (χ3v) is 4.15. The van der Waals surface area contributed by atoms with E-state index in [0.717, 1.165) is 5.56 Å². The molecule has 2 N–H and O–H groups in total. The van der Waals surface area contributed by atoms with Gasteiger partial charge in [-0.2, -0.15) is 5.26 Å². The van der Waals surface area contributed by atoms with Crippen molar-refractivity contribution in [3.8, 4) is 11.8 Å². The van der Waals surface area contributed by atoms with Gasteiger partial charge in [-0.1, -0.05) is 30.3 Å². The first-order chi connectivity index (χ1) is 13.6. The Labute approximate surface area is 162 Å². The number of amides is 2. The number of urea groups is 1. The molecular weight excluding hydrogens is 358 g/mol. The third-order valence-electron chi connectivity index (χ3n) is 4.15. The number of ether oxygens (including phenoxy) is 2. The first-order valence-corrected chi connectivity index (χ1v) is 8.78. The van der Waals surface area contributed by atoms with Crippen LogP contribution in [0, 0.1) is 11.3 Å². The second-order valence-corrected chi connectivity index (χ2v) is 5.98. The van der Waals surface area contributed by atoms with Crippen molar-refractivity contribution in [3.05, 3.63) is 77.0 Å². The molecule has 7 nitrogen and oxygen atoms in total. The van der Waals surface area contributed by atoms with Crippen LogP contribution in [0.5, 0.6) is 5.75 Å². The molecule has 0 spiro atoms. The van der Waals surface area contributed by atoms with Crippen LogP contribution < -0.4 is 15.4 Å². The molecule has 1 atom stereocenters. The van der Waals surface area contributed by atoms with Crippen LogP contribution >= 0.6 is 0 Å². The van der Waals surface area contributed by atoms with Crippen molar-refractivity contribution in [2.75, 3.05) is 13.2 Å². The summed E-state index contributed by atoms with van der Waals surface area (Å²) in [6, 6.07) is 16.7. The Kier molecular flexibility index (Phi) is 5.92. The Balaban J connectivity index is 1.92. The highest BCUT2D eigenvalue weighted by Gasteiger charge is 2.33. The van der Waals surface area contributed by atoms with Gasteiger partial charge in [0.2, 0.25) is 0 Å². The molecule has 0 saturated carbocycles. The minimum atomic E-state index is -0.645. The zero-order valence-corrected chi connectivity index (χ0v) is 15.3. The quantitative estimate of drug-likeness (QED) is 0.754. The Hall–Kier alpha value is -3.79. The lowest BCUT2D eigenvalue weighted by Crippen LogP contribution is -2.47. The first kappa shape index (κ1) is 19.0. The van der Waals surface area contributed by atoms with E-state index in [-0.39, 0.29) is 13.2 Å². The van der Waals surface area contributed by atoms with Crippen molar-refractivity contribution >= 4 is 12.0 Å². The van der Waals surface area contributed by atoms with Gasteiger partial charge in [0.1, 0.15) is 12.4 Å². The van der Waals surface area contributed by atoms with Crippen LogP contribution in [0.1, 0.15) is 24.1 Å². The van der Waals surface area contributed by atoms with E-state index in [2.05, 4.69) is 10.6 Å². The second kappa shape index (κ2) is 8.73. The Bertz CT molecular complexity index is 930. The summed E-state index contributed by atoms with van der Waals surface area (Å²) < 4.78 is 10.9. The number of carbonyl (C=O) groups is 2. The van der Waals surface area contributed by atoms with E-state index in [1.165, 1.54) is 0 Å². The summed E-state index contributed by atoms with van der Waals surface area (Å²) in [5.41, 5.74) is 1.90. The Morgan fingerprint density at radius 3 is 2.50 bits per heavy atom. The number of hydrogen-bond acceptors (Lipinski definition) is 5. The molecule has 0 radical (unpaired) electrons. The minimum absolute atomic E-state index is 0.0310. The van der Waals surface area contributed by atoms with Crippen molar-refractivity contribution in [1.29, 1.82) is 5.26 Å². The van der Waals surface area contributed by atoms with E-state index in [4.69, 9.17) is 14.7 Å². The molecule has 0 bridgehead atoms. The summed E-state index contributed by atoms with van der Waals surface area (Å²) in [6.45, 7) is 1.90. The van der Waals surface area contributed by atoms with Gasteiger partial charge in [0, 0.05) is 0 Å². The number of esters is 1. The third kappa shape index (κ3) is 4.30. The number of rotatable bonds is 6. The molecule has 0 aliphatic carbocycles. The van der Waals surface area contributed by atoms with Gasteiger partial charge >= 0.3 is 12.0 Å². The molecule has 1 heterocycles. The summed E-state index contributed by atoms with van der Waals surface area (Å²) in [4.78, 5) is 24.8. The van der Waals surface area contributed by atoms with E-state index in [9.17, 15) is 9.59 Å². The average molecular weight is 377 g/mol. The van der Waals surface area contributed by atoms with Crippen LogP contribution in [-0.2, 0) is 9.53 Å². The Morgan fingerprint density at radius 1 is 1.14 bits per heavy atom. The smallest absolute Gasteiger partial charge is 0.338 e. The molecule has 7 heteroatoms. The van der Waals surface area contributed by atoms with E-state index >= 15 is 0 Å². The number of hydrogen-bond donors (Lipinski definition) is 2. The average Bonchev–Trinajstić information content (AvgIpc) is 2.73. The van der Waals surface area contributed by atoms with Crippen molar-refractivity contribution in [3.63, 3.8) is 0 Å². The van der Waals surface area contributed by atoms with Crippen molar-refractivity contribution in [2.45, 2.75) is 13.0 Å². The number of nitriles is 1. The molecule has 2 amide bonds. The molecule has 0 unspecified atom stereocenters. The monoisotopic (exact) mass is 377 g/mol. The van der Waals surface area contributed by atoms with E-state index < -0.39 is 18.0 Å². The molecule has 1 aliphatic rings. The van der Waals surface area contributed by atoms with Crippen molar-refractivity contribution in [1.82, 2.24) is 10.6 Å². The summed E-state index contributed by atoms with van der Waals surface area (Å²) in [5, 5.41) is 14.3. The number of carbonyl (C=O) groups excluding carboxylic acids is 2. The molecule has 28 heavy (non-hydrogen) atoms. The van der Waals surface area contributed by atoms with Gasteiger partial charge in [-0.15, -0.1) is 0 Å². The van der Waals surface area contributed by atoms with Gasteiger partial charge in [-0.05, 0) is 36.8 Å². The minimum Gasteiger partial charge on any atom is -0.487 e. The van der Waals surface area contributed by atoms with Gasteiger partial charge in [-0.25, -0.2) is 9.59 Å². The summed E-state index contributed by atoms with van der Waals surface area (Å²) >= 11 is 0. The lowest BCUT2D eigenvalue weighted by molar-refractivity contribution is -0.139. The largest absolute Gasteiger partial charge is 0.487 e. The maximum Gasteiger partial charge on any atom is 0.338 e. The summed E-state index contributed by atoms with van der Waals surface area (Å²) in [5.74, 6) is -0.0129. The molecule has 0 saturated heterocycles. The molecule has 2 aromatic rings. The summed E-state index contributed by atoms with van der Waals surface area (Å²) in [7, 11) is 0. The standard InChI is InChI=1S/C21H19N3O4/c1-2-27-20(25)18-17(13-28-16-10-8-14(12-22)9-11-16)23-21(26)24-19(18)15-6-4-3-5-7-15/h3-11,19H,2,13H2,1H3,(H2,23,24,26)/t19-/m0/s1. The number of benzene rings is 2. The predicted octanol–water partition coefficient (Wildman–Crippen LogP) is 2.81. The molecular formula is C21H19N3O4. The van der Waals surface area contributed by atoms with Gasteiger partial charge < -0.3 is 20.1 Å². The maximum atomic E-state index is 12.6. The van der Waals surface area contributed by atoms with Gasteiger partial charge in [0.25, 0.3) is 0 Å². The zero-order valence-electron chi connectivity index (χ0n) is 15.3. The maximum absolute atomic E-state index is 12.6. The molecule has 1 aliphatic heterocycles. The predicted molar refractivity (Wildman–Crippen MR) is 101 cm³/mol. The normalized spacial score (nSPS) is 15.9. The highest BCUT2D eigenvalue weighted by atomic mass is 16.5. The lowest BCUT2D eigenvalue weighted by atomic mass is 9.95. The molecule has 142 valence electrons. The first-order valence-electron chi connectivity index (χ1n) is 8.78. The highest BCUT2D eigenvalue weighted by molar-refractivity contribution is 5.95. The van der Waals surface area contributed by atoms with Crippen molar-refractivity contribution < 1.29 is 19.1 Å². The van der Waals surface area contributed by atoms with Gasteiger partial charge in [-0.3, -0.25) is 0 Å². The topological polar surface area (TPSA) is 100 Å². The molecule has 2 aromatic carbocycles. The number of nitrogens with one attached hydrogen (secondary N) is 2. The highest BCUT2D eigenvalue weighted by Crippen LogP contribution is 2.28. The fourth-order valence-corrected chi connectivity index (χ4v) is 2.86. The van der Waals surface area contributed by atoms with Crippen LogP contribution in [0.25, 0.3) is 0 Å². The lowest BCUT2D eigenvalue weighted by Gasteiger charge is -2.29. The van der Waals surface area contributed by atoms with Crippen LogP contribution in [0.15, 0.2) is 65.9 Å². The van der Waals surface area contributed by atoms with E-state index in [1.54, 1.807) is 31.2 Å². The van der Waals surface area contributed by atoms with Crippen LogP contribution in [0.4, 0.5) is 4.79 Å². The molecule has 3 rings (SSSR count). The van der Waals surface area contributed by atoms with Gasteiger partial charge in [0.05, 0.1) is 35.6 Å². The summed E-state index contributed by atoms with van der Waals surface area (Å²) in [6.07, 6.45) is 0. The molecule has 0 fully saturated rings. The number of nitrogens with zero attached hydrogens (tertiary/aromatic N) is 1. The second-order valence-electron chi connectivity index (χ2n) is 5.98.